The molecule has 0 aliphatic carbocycles. The summed E-state index contributed by atoms with van der Waals surface area (Å²) in [6.45, 7) is 1.70. The zero-order chi connectivity index (χ0) is 14.7. The minimum Gasteiger partial charge on any atom is -0.345 e. The Kier molecular flexibility index (Phi) is 3.60. The van der Waals surface area contributed by atoms with Gasteiger partial charge in [0.05, 0.1) is 23.4 Å². The zero-order valence-electron chi connectivity index (χ0n) is 10.4. The van der Waals surface area contributed by atoms with E-state index in [-0.39, 0.29) is 17.3 Å². The van der Waals surface area contributed by atoms with Crippen LogP contribution in [0.4, 0.5) is 5.69 Å². The maximum atomic E-state index is 12.0. The number of pyridine rings is 1. The molecule has 2 heterocycles. The number of carbonyl (C=O) groups excluding carboxylic acids is 1. The lowest BCUT2D eigenvalue weighted by Gasteiger charge is -2.11. The van der Waals surface area contributed by atoms with Crippen LogP contribution in [-0.4, -0.2) is 26.0 Å². The molecule has 0 aromatic carbocycles. The van der Waals surface area contributed by atoms with Gasteiger partial charge in [0, 0.05) is 17.8 Å². The number of nitro groups is 1. The van der Waals surface area contributed by atoms with Crippen LogP contribution in [0, 0.1) is 10.1 Å². The summed E-state index contributed by atoms with van der Waals surface area (Å²) < 4.78 is 0. The number of nitrogens with zero attached hydrogens (tertiary/aromatic N) is 2. The van der Waals surface area contributed by atoms with E-state index in [1.807, 2.05) is 0 Å². The lowest BCUT2D eigenvalue weighted by atomic mass is 10.1. The molecule has 0 aliphatic heterocycles. The van der Waals surface area contributed by atoms with Crippen molar-refractivity contribution in [2.24, 2.45) is 0 Å². The Morgan fingerprint density at radius 2 is 2.25 bits per heavy atom. The van der Waals surface area contributed by atoms with Gasteiger partial charge < -0.3 is 10.3 Å². The Balaban J connectivity index is 2.23. The fourth-order valence-electron chi connectivity index (χ4n) is 1.60. The van der Waals surface area contributed by atoms with E-state index in [4.69, 9.17) is 0 Å². The second-order valence-corrected chi connectivity index (χ2v) is 4.08. The number of amides is 1. The first-order chi connectivity index (χ1) is 9.49. The Hall–Kier alpha value is -2.97. The Morgan fingerprint density at radius 1 is 1.50 bits per heavy atom. The predicted molar refractivity (Wildman–Crippen MR) is 68.2 cm³/mol. The van der Waals surface area contributed by atoms with E-state index in [1.165, 1.54) is 6.20 Å². The molecule has 2 aromatic heterocycles. The van der Waals surface area contributed by atoms with Crippen LogP contribution in [0.3, 0.4) is 0 Å². The van der Waals surface area contributed by atoms with E-state index in [9.17, 15) is 19.7 Å². The van der Waals surface area contributed by atoms with Crippen LogP contribution in [0.15, 0.2) is 29.5 Å². The van der Waals surface area contributed by atoms with Crippen LogP contribution in [0.25, 0.3) is 0 Å². The third-order valence-electron chi connectivity index (χ3n) is 2.71. The number of hydrogen-bond acceptors (Lipinski definition) is 5. The van der Waals surface area contributed by atoms with Crippen molar-refractivity contribution in [3.63, 3.8) is 0 Å². The first kappa shape index (κ1) is 13.5. The van der Waals surface area contributed by atoms with E-state index in [0.29, 0.717) is 0 Å². The summed E-state index contributed by atoms with van der Waals surface area (Å²) in [5.41, 5.74) is -0.632. The molecule has 3 N–H and O–H groups in total. The summed E-state index contributed by atoms with van der Waals surface area (Å²) in [7, 11) is 0. The molecule has 2 rings (SSSR count). The van der Waals surface area contributed by atoms with Gasteiger partial charge in [0.2, 0.25) is 0 Å². The Bertz CT molecular complexity index is 691. The molecule has 0 bridgehead atoms. The lowest BCUT2D eigenvalue weighted by molar-refractivity contribution is -0.385. The van der Waals surface area contributed by atoms with Crippen molar-refractivity contribution in [2.75, 3.05) is 0 Å². The van der Waals surface area contributed by atoms with Crippen molar-refractivity contribution in [3.05, 3.63) is 56.3 Å². The van der Waals surface area contributed by atoms with Crippen LogP contribution < -0.4 is 10.9 Å². The van der Waals surface area contributed by atoms with Gasteiger partial charge in [0.1, 0.15) is 5.56 Å². The topological polar surface area (TPSA) is 134 Å². The SMILES string of the molecule is CC(NC(=O)c1cc([N+](=O)[O-])c[nH]c1=O)c1cn[nH]c1. The largest absolute Gasteiger partial charge is 0.345 e. The van der Waals surface area contributed by atoms with Gasteiger partial charge in [-0.15, -0.1) is 0 Å². The van der Waals surface area contributed by atoms with Crippen LogP contribution in [0.5, 0.6) is 0 Å². The lowest BCUT2D eigenvalue weighted by Crippen LogP contribution is -2.31. The molecule has 0 saturated heterocycles. The molecule has 0 saturated carbocycles. The maximum Gasteiger partial charge on any atom is 0.286 e. The van der Waals surface area contributed by atoms with Crippen LogP contribution in [0.2, 0.25) is 0 Å². The number of aromatic nitrogens is 3. The van der Waals surface area contributed by atoms with Crippen molar-refractivity contribution in [1.29, 1.82) is 0 Å². The molecule has 0 radical (unpaired) electrons. The third-order valence-corrected chi connectivity index (χ3v) is 2.71. The van der Waals surface area contributed by atoms with Gasteiger partial charge in [-0.05, 0) is 6.92 Å². The van der Waals surface area contributed by atoms with E-state index in [1.54, 1.807) is 13.1 Å². The molecular weight excluding hydrogens is 266 g/mol. The highest BCUT2D eigenvalue weighted by molar-refractivity contribution is 5.94. The van der Waals surface area contributed by atoms with Crippen molar-refractivity contribution in [3.8, 4) is 0 Å². The third kappa shape index (κ3) is 2.71. The molecule has 9 nitrogen and oxygen atoms in total. The van der Waals surface area contributed by atoms with Gasteiger partial charge >= 0.3 is 0 Å². The quantitative estimate of drug-likeness (QED) is 0.552. The van der Waals surface area contributed by atoms with Gasteiger partial charge in [-0.3, -0.25) is 24.8 Å². The highest BCUT2D eigenvalue weighted by Gasteiger charge is 2.18. The molecule has 9 heteroatoms. The fraction of sp³-hybridized carbons (Fsp3) is 0.182. The van der Waals surface area contributed by atoms with E-state index in [0.717, 1.165) is 17.8 Å². The Labute approximate surface area is 112 Å². The predicted octanol–water partition coefficient (Wildman–Crippen LogP) is 0.497. The molecule has 104 valence electrons. The summed E-state index contributed by atoms with van der Waals surface area (Å²) in [6.07, 6.45) is 4.07. The first-order valence-corrected chi connectivity index (χ1v) is 5.65. The second kappa shape index (κ2) is 5.34. The van der Waals surface area contributed by atoms with Gasteiger partial charge in [-0.2, -0.15) is 5.10 Å². The molecule has 2 aromatic rings. The standard InChI is InChI=1S/C11H11N5O4/c1-6(7-3-13-14-4-7)15-11(18)9-2-8(16(19)20)5-12-10(9)17/h2-6H,1H3,(H,12,17)(H,13,14)(H,15,18). The van der Waals surface area contributed by atoms with Gasteiger partial charge in [0.25, 0.3) is 17.2 Å². The van der Waals surface area contributed by atoms with Crippen LogP contribution >= 0.6 is 0 Å². The van der Waals surface area contributed by atoms with Crippen molar-refractivity contribution in [2.45, 2.75) is 13.0 Å². The smallest absolute Gasteiger partial charge is 0.286 e. The van der Waals surface area contributed by atoms with Gasteiger partial charge in [0.15, 0.2) is 0 Å². The molecule has 1 amide bonds. The van der Waals surface area contributed by atoms with Crippen molar-refractivity contribution >= 4 is 11.6 Å². The van der Waals surface area contributed by atoms with E-state index >= 15 is 0 Å². The molecular formula is C11H11N5O4. The highest BCUT2D eigenvalue weighted by atomic mass is 16.6. The zero-order valence-corrected chi connectivity index (χ0v) is 10.4. The first-order valence-electron chi connectivity index (χ1n) is 5.65. The fourth-order valence-corrected chi connectivity index (χ4v) is 1.60. The molecule has 0 fully saturated rings. The number of rotatable bonds is 4. The van der Waals surface area contributed by atoms with E-state index in [2.05, 4.69) is 20.5 Å². The highest BCUT2D eigenvalue weighted by Crippen LogP contribution is 2.12. The summed E-state index contributed by atoms with van der Waals surface area (Å²) >= 11 is 0. The number of nitrogens with one attached hydrogen (secondary N) is 3. The normalized spacial score (nSPS) is 11.8. The number of carbonyl (C=O) groups is 1. The minimum atomic E-state index is -0.691. The van der Waals surface area contributed by atoms with Crippen LogP contribution in [0.1, 0.15) is 28.9 Å². The molecule has 0 aliphatic rings. The summed E-state index contributed by atoms with van der Waals surface area (Å²) in [5, 5.41) is 19.5. The average molecular weight is 277 g/mol. The number of aromatic amines is 2. The summed E-state index contributed by atoms with van der Waals surface area (Å²) in [6, 6.07) is 0.552. The van der Waals surface area contributed by atoms with Gasteiger partial charge in [-0.25, -0.2) is 0 Å². The molecule has 0 spiro atoms. The Morgan fingerprint density at radius 3 is 2.85 bits per heavy atom. The molecule has 1 atom stereocenters. The second-order valence-electron chi connectivity index (χ2n) is 4.08. The molecule has 20 heavy (non-hydrogen) atoms. The van der Waals surface area contributed by atoms with Crippen molar-refractivity contribution < 1.29 is 9.72 Å². The number of H-pyrrole nitrogens is 2. The average Bonchev–Trinajstić information content (AvgIpc) is 2.92. The monoisotopic (exact) mass is 277 g/mol. The minimum absolute atomic E-state index is 0.311. The number of hydrogen-bond donors (Lipinski definition) is 3. The van der Waals surface area contributed by atoms with Crippen molar-refractivity contribution in [1.82, 2.24) is 20.5 Å². The van der Waals surface area contributed by atoms with E-state index < -0.39 is 16.4 Å². The summed E-state index contributed by atoms with van der Waals surface area (Å²) in [5.74, 6) is -0.691. The molecule has 1 unspecified atom stereocenters. The van der Waals surface area contributed by atoms with Crippen LogP contribution in [-0.2, 0) is 0 Å². The maximum absolute atomic E-state index is 12.0. The summed E-state index contributed by atoms with van der Waals surface area (Å²) in [4.78, 5) is 35.6. The van der Waals surface area contributed by atoms with Gasteiger partial charge in [-0.1, -0.05) is 0 Å².